The Morgan fingerprint density at radius 1 is 1.33 bits per heavy atom. The van der Waals surface area contributed by atoms with Crippen LogP contribution in [-0.2, 0) is 0 Å². The van der Waals surface area contributed by atoms with Crippen molar-refractivity contribution in [2.45, 2.75) is 25.7 Å². The van der Waals surface area contributed by atoms with Crippen molar-refractivity contribution in [2.24, 2.45) is 11.3 Å². The third kappa shape index (κ3) is 2.03. The molecule has 0 radical (unpaired) electrons. The Labute approximate surface area is 107 Å². The summed E-state index contributed by atoms with van der Waals surface area (Å²) in [5.41, 5.74) is 13.4. The van der Waals surface area contributed by atoms with Gasteiger partial charge in [-0.25, -0.2) is 0 Å². The van der Waals surface area contributed by atoms with Crippen molar-refractivity contribution in [3.05, 3.63) is 23.8 Å². The van der Waals surface area contributed by atoms with Crippen molar-refractivity contribution in [3.63, 3.8) is 0 Å². The van der Waals surface area contributed by atoms with Crippen LogP contribution < -0.4 is 16.8 Å². The predicted octanol–water partition coefficient (Wildman–Crippen LogP) is 1.77. The number of nitrogens with two attached hydrogens (primary N) is 2. The molecule has 2 saturated carbocycles. The van der Waals surface area contributed by atoms with E-state index in [-0.39, 0.29) is 5.91 Å². The molecule has 5 N–H and O–H groups in total. The number of carbonyl (C=O) groups excluding carboxylic acids is 1. The number of benzene rings is 1. The van der Waals surface area contributed by atoms with Gasteiger partial charge in [0.05, 0.1) is 5.56 Å². The zero-order valence-corrected chi connectivity index (χ0v) is 10.4. The molecule has 2 fully saturated rings. The summed E-state index contributed by atoms with van der Waals surface area (Å²) >= 11 is 0. The monoisotopic (exact) mass is 245 g/mol. The lowest BCUT2D eigenvalue weighted by atomic mass is 10.0. The van der Waals surface area contributed by atoms with Gasteiger partial charge in [0.2, 0.25) is 0 Å². The molecule has 0 bridgehead atoms. The van der Waals surface area contributed by atoms with E-state index in [0.29, 0.717) is 22.4 Å². The molecule has 96 valence electrons. The molecule has 2 aliphatic rings. The molecule has 0 heterocycles. The maximum Gasteiger partial charge on any atom is 0.253 e. The van der Waals surface area contributed by atoms with E-state index >= 15 is 0 Å². The molecule has 1 amide bonds. The van der Waals surface area contributed by atoms with Gasteiger partial charge < -0.3 is 16.8 Å². The molecule has 4 nitrogen and oxygen atoms in total. The third-order valence-electron chi connectivity index (χ3n) is 4.26. The normalized spacial score (nSPS) is 20.4. The number of amides is 1. The van der Waals surface area contributed by atoms with Crippen molar-refractivity contribution >= 4 is 17.3 Å². The molecular weight excluding hydrogens is 226 g/mol. The second kappa shape index (κ2) is 3.90. The molecule has 0 spiro atoms. The van der Waals surface area contributed by atoms with Crippen LogP contribution in [0.1, 0.15) is 36.0 Å². The van der Waals surface area contributed by atoms with E-state index in [1.165, 1.54) is 25.7 Å². The number of nitrogen functional groups attached to an aromatic ring is 2. The van der Waals surface area contributed by atoms with Gasteiger partial charge in [0.15, 0.2) is 0 Å². The summed E-state index contributed by atoms with van der Waals surface area (Å²) in [5.74, 6) is 0.765. The summed E-state index contributed by atoms with van der Waals surface area (Å²) in [6, 6.07) is 5.03. The van der Waals surface area contributed by atoms with Crippen LogP contribution in [0, 0.1) is 11.3 Å². The Bertz CT molecular complexity index is 490. The lowest BCUT2D eigenvalue weighted by molar-refractivity contribution is 0.0943. The lowest BCUT2D eigenvalue weighted by Crippen LogP contribution is -2.31. The van der Waals surface area contributed by atoms with Crippen LogP contribution in [0.4, 0.5) is 11.4 Å². The molecule has 1 aromatic carbocycles. The van der Waals surface area contributed by atoms with Gasteiger partial charge in [-0.05, 0) is 55.2 Å². The molecule has 2 aliphatic carbocycles. The quantitative estimate of drug-likeness (QED) is 0.707. The number of hydrogen-bond donors (Lipinski definition) is 3. The molecule has 0 aliphatic heterocycles. The minimum absolute atomic E-state index is 0.0839. The van der Waals surface area contributed by atoms with Gasteiger partial charge in [-0.15, -0.1) is 0 Å². The maximum atomic E-state index is 12.1. The second-order valence-electron chi connectivity index (χ2n) is 5.67. The number of rotatable bonds is 4. The summed E-state index contributed by atoms with van der Waals surface area (Å²) in [7, 11) is 0. The van der Waals surface area contributed by atoms with Crippen molar-refractivity contribution in [3.8, 4) is 0 Å². The lowest BCUT2D eigenvalue weighted by Gasteiger charge is -2.15. The Morgan fingerprint density at radius 3 is 2.61 bits per heavy atom. The van der Waals surface area contributed by atoms with E-state index in [4.69, 9.17) is 11.5 Å². The van der Waals surface area contributed by atoms with Gasteiger partial charge in [-0.1, -0.05) is 0 Å². The number of nitrogens with one attached hydrogen (secondary N) is 1. The Hall–Kier alpha value is -1.71. The zero-order valence-electron chi connectivity index (χ0n) is 10.4. The van der Waals surface area contributed by atoms with Crippen molar-refractivity contribution in [1.82, 2.24) is 5.32 Å². The Morgan fingerprint density at radius 2 is 2.06 bits per heavy atom. The molecule has 18 heavy (non-hydrogen) atoms. The van der Waals surface area contributed by atoms with E-state index in [0.717, 1.165) is 12.5 Å². The highest BCUT2D eigenvalue weighted by molar-refractivity contribution is 5.99. The number of hydrogen-bond acceptors (Lipinski definition) is 3. The summed E-state index contributed by atoms with van der Waals surface area (Å²) in [4.78, 5) is 12.1. The van der Waals surface area contributed by atoms with Crippen LogP contribution in [0.3, 0.4) is 0 Å². The fraction of sp³-hybridized carbons (Fsp3) is 0.500. The SMILES string of the molecule is Nc1ccc(C(=O)NCC2(C3CC3)CC2)c(N)c1. The van der Waals surface area contributed by atoms with Gasteiger partial charge in [0.25, 0.3) is 5.91 Å². The van der Waals surface area contributed by atoms with Gasteiger partial charge in [-0.2, -0.15) is 0 Å². The van der Waals surface area contributed by atoms with E-state index in [9.17, 15) is 4.79 Å². The molecule has 0 atom stereocenters. The second-order valence-corrected chi connectivity index (χ2v) is 5.67. The van der Waals surface area contributed by atoms with Crippen LogP contribution in [0.2, 0.25) is 0 Å². The largest absolute Gasteiger partial charge is 0.399 e. The topological polar surface area (TPSA) is 81.1 Å². The highest BCUT2D eigenvalue weighted by Gasteiger charge is 2.53. The summed E-state index contributed by atoms with van der Waals surface area (Å²) in [6.07, 6.45) is 5.18. The number of carbonyl (C=O) groups is 1. The van der Waals surface area contributed by atoms with E-state index in [1.54, 1.807) is 18.2 Å². The first kappa shape index (κ1) is 11.4. The number of anilines is 2. The molecule has 4 heteroatoms. The molecule has 0 aromatic heterocycles. The standard InChI is InChI=1S/C14H19N3O/c15-10-3-4-11(12(16)7-10)13(18)17-8-14(5-6-14)9-1-2-9/h3-4,7,9H,1-2,5-6,8,15-16H2,(H,17,18). The minimum atomic E-state index is -0.0839. The summed E-state index contributed by atoms with van der Waals surface area (Å²) < 4.78 is 0. The van der Waals surface area contributed by atoms with Crippen molar-refractivity contribution in [2.75, 3.05) is 18.0 Å². The van der Waals surface area contributed by atoms with Gasteiger partial charge in [0.1, 0.15) is 0 Å². The van der Waals surface area contributed by atoms with Crippen LogP contribution >= 0.6 is 0 Å². The van der Waals surface area contributed by atoms with Crippen molar-refractivity contribution in [1.29, 1.82) is 0 Å². The van der Waals surface area contributed by atoms with E-state index in [1.807, 2.05) is 0 Å². The fourth-order valence-corrected chi connectivity index (χ4v) is 2.73. The van der Waals surface area contributed by atoms with Crippen LogP contribution in [0.25, 0.3) is 0 Å². The Balaban J connectivity index is 1.64. The first-order valence-corrected chi connectivity index (χ1v) is 6.54. The summed E-state index contributed by atoms with van der Waals surface area (Å²) in [5, 5.41) is 3.02. The highest BCUT2D eigenvalue weighted by Crippen LogP contribution is 2.60. The minimum Gasteiger partial charge on any atom is -0.399 e. The van der Waals surface area contributed by atoms with Gasteiger partial charge in [0, 0.05) is 17.9 Å². The maximum absolute atomic E-state index is 12.1. The van der Waals surface area contributed by atoms with E-state index < -0.39 is 0 Å². The summed E-state index contributed by atoms with van der Waals surface area (Å²) in [6.45, 7) is 0.792. The Kier molecular flexibility index (Phi) is 2.47. The van der Waals surface area contributed by atoms with Gasteiger partial charge in [-0.3, -0.25) is 4.79 Å². The molecule has 0 saturated heterocycles. The molecular formula is C14H19N3O. The third-order valence-corrected chi connectivity index (χ3v) is 4.26. The van der Waals surface area contributed by atoms with E-state index in [2.05, 4.69) is 5.32 Å². The average molecular weight is 245 g/mol. The smallest absolute Gasteiger partial charge is 0.253 e. The molecule has 1 aromatic rings. The predicted molar refractivity (Wildman–Crippen MR) is 72.0 cm³/mol. The average Bonchev–Trinajstić information content (AvgIpc) is 3.17. The van der Waals surface area contributed by atoms with Crippen LogP contribution in [0.15, 0.2) is 18.2 Å². The fourth-order valence-electron chi connectivity index (χ4n) is 2.73. The van der Waals surface area contributed by atoms with Gasteiger partial charge >= 0.3 is 0 Å². The molecule has 3 rings (SSSR count). The van der Waals surface area contributed by atoms with Crippen molar-refractivity contribution < 1.29 is 4.79 Å². The zero-order chi connectivity index (χ0) is 12.8. The van der Waals surface area contributed by atoms with Crippen LogP contribution in [0.5, 0.6) is 0 Å². The first-order chi connectivity index (χ1) is 8.61. The van der Waals surface area contributed by atoms with Crippen LogP contribution in [-0.4, -0.2) is 12.5 Å². The first-order valence-electron chi connectivity index (χ1n) is 6.54. The molecule has 0 unspecified atom stereocenters. The highest BCUT2D eigenvalue weighted by atomic mass is 16.1.